The molecule has 0 amide bonds. The van der Waals surface area contributed by atoms with Gasteiger partial charge in [-0.05, 0) is 103 Å². The third-order valence-corrected chi connectivity index (χ3v) is 12.9. The van der Waals surface area contributed by atoms with Crippen LogP contribution in [0, 0.1) is 0 Å². The minimum Gasteiger partial charge on any atom is -0.0622 e. The molecule has 0 aromatic heterocycles. The highest BCUT2D eigenvalue weighted by atomic mass is 28.2. The van der Waals surface area contributed by atoms with Crippen molar-refractivity contribution in [2.45, 2.75) is 50.6 Å². The Morgan fingerprint density at radius 1 is 0.408 bits per heavy atom. The lowest BCUT2D eigenvalue weighted by molar-refractivity contribution is 0.954. The molecule has 2 aliphatic carbocycles. The largest absolute Gasteiger partial charge is 0.0622 e. The first-order valence-corrected chi connectivity index (χ1v) is 20.2. The number of fused-ring (bicyclic) bond motifs is 2. The molecule has 2 atom stereocenters. The van der Waals surface area contributed by atoms with Crippen LogP contribution in [0.2, 0.25) is 12.1 Å². The Morgan fingerprint density at radius 3 is 1.22 bits per heavy atom. The van der Waals surface area contributed by atoms with E-state index < -0.39 is 9.52 Å². The molecule has 0 heterocycles. The van der Waals surface area contributed by atoms with E-state index in [2.05, 4.69) is 172 Å². The number of aryl methyl sites for hydroxylation is 2. The van der Waals surface area contributed by atoms with Gasteiger partial charge < -0.3 is 0 Å². The van der Waals surface area contributed by atoms with Gasteiger partial charge in [0.1, 0.15) is 0 Å². The highest BCUT2D eigenvalue weighted by molar-refractivity contribution is 6.37. The second-order valence-corrected chi connectivity index (χ2v) is 15.5. The van der Waals surface area contributed by atoms with Crippen molar-refractivity contribution in [1.82, 2.24) is 0 Å². The van der Waals surface area contributed by atoms with Crippen molar-refractivity contribution in [2.24, 2.45) is 0 Å². The Labute approximate surface area is 294 Å². The molecule has 0 saturated carbocycles. The van der Waals surface area contributed by atoms with Crippen LogP contribution in [0.5, 0.6) is 0 Å². The Hall–Kier alpha value is -4.98. The predicted octanol–water partition coefficient (Wildman–Crippen LogP) is 12.1. The van der Waals surface area contributed by atoms with Gasteiger partial charge in [-0.1, -0.05) is 172 Å². The third-order valence-electron chi connectivity index (χ3n) is 11.0. The zero-order chi connectivity index (χ0) is 33.2. The molecule has 49 heavy (non-hydrogen) atoms. The molecule has 0 N–H and O–H groups in total. The van der Waals surface area contributed by atoms with Gasteiger partial charge in [0.15, 0.2) is 0 Å². The number of benzene rings is 6. The van der Waals surface area contributed by atoms with E-state index in [1.165, 1.54) is 90.0 Å². The molecule has 0 nitrogen and oxygen atoms in total. The Morgan fingerprint density at radius 2 is 0.796 bits per heavy atom. The molecule has 0 fully saturated rings. The summed E-state index contributed by atoms with van der Waals surface area (Å²) in [5, 5.41) is 0. The van der Waals surface area contributed by atoms with Gasteiger partial charge in [-0.15, -0.1) is 0 Å². The maximum absolute atomic E-state index is 2.53. The highest BCUT2D eigenvalue weighted by Gasteiger charge is 2.31. The summed E-state index contributed by atoms with van der Waals surface area (Å²) in [5.41, 5.74) is 20.0. The molecule has 2 aliphatic rings. The quantitative estimate of drug-likeness (QED) is 0.130. The lowest BCUT2D eigenvalue weighted by atomic mass is 9.89. The molecule has 0 saturated heterocycles. The summed E-state index contributed by atoms with van der Waals surface area (Å²) in [6, 6.07) is 56.9. The van der Waals surface area contributed by atoms with Crippen molar-refractivity contribution in [1.29, 1.82) is 0 Å². The lowest BCUT2D eigenvalue weighted by Crippen LogP contribution is -2.08. The van der Waals surface area contributed by atoms with E-state index in [-0.39, 0.29) is 0 Å². The smallest absolute Gasteiger partial charge is 0.0219 e. The van der Waals surface area contributed by atoms with Crippen molar-refractivity contribution in [2.75, 3.05) is 0 Å². The standard InChI is InChI=1S/C48H44Si/c1-3-33-17-11-13-23-37(33)39-25-15-27-41-45(39)29-43(35-19-7-5-8-20-35)47(41)31-49-32-48-42-28-16-26-40(38-24-14-12-18-34(38)4-2)46(42)30-44(48)36-21-9-6-10-22-36/h5-30,47-48H,3-4,31-32,49H2,1-2H3. The zero-order valence-electron chi connectivity index (χ0n) is 28.7. The van der Waals surface area contributed by atoms with Crippen molar-refractivity contribution >= 4 is 32.8 Å². The zero-order valence-corrected chi connectivity index (χ0v) is 30.1. The predicted molar refractivity (Wildman–Crippen MR) is 215 cm³/mol. The van der Waals surface area contributed by atoms with E-state index in [4.69, 9.17) is 0 Å². The molecule has 6 aromatic carbocycles. The fraction of sp³-hybridized carbons (Fsp3) is 0.167. The Balaban J connectivity index is 1.15. The summed E-state index contributed by atoms with van der Waals surface area (Å²) in [7, 11) is -0.456. The van der Waals surface area contributed by atoms with Gasteiger partial charge in [0.05, 0.1) is 0 Å². The average Bonchev–Trinajstić information content (AvgIpc) is 3.74. The first-order chi connectivity index (χ1) is 24.2. The van der Waals surface area contributed by atoms with Gasteiger partial charge in [-0.3, -0.25) is 0 Å². The Kier molecular flexibility index (Phi) is 8.85. The number of allylic oxidation sites excluding steroid dienone is 2. The molecule has 0 spiro atoms. The van der Waals surface area contributed by atoms with Gasteiger partial charge in [0, 0.05) is 21.4 Å². The number of hydrogen-bond acceptors (Lipinski definition) is 0. The molecular weight excluding hydrogens is 605 g/mol. The van der Waals surface area contributed by atoms with Crippen LogP contribution in [-0.2, 0) is 12.8 Å². The van der Waals surface area contributed by atoms with Gasteiger partial charge in [0.25, 0.3) is 0 Å². The maximum atomic E-state index is 2.53. The normalized spacial score (nSPS) is 16.4. The molecule has 2 unspecified atom stereocenters. The van der Waals surface area contributed by atoms with Crippen LogP contribution >= 0.6 is 0 Å². The average molecular weight is 649 g/mol. The van der Waals surface area contributed by atoms with Crippen LogP contribution in [0.1, 0.15) is 70.2 Å². The maximum Gasteiger partial charge on any atom is 0.0219 e. The summed E-state index contributed by atoms with van der Waals surface area (Å²) in [6.45, 7) is 4.54. The first-order valence-electron chi connectivity index (χ1n) is 18.2. The van der Waals surface area contributed by atoms with Crippen LogP contribution in [0.4, 0.5) is 0 Å². The Bertz CT molecular complexity index is 2010. The monoisotopic (exact) mass is 648 g/mol. The second-order valence-electron chi connectivity index (χ2n) is 13.6. The van der Waals surface area contributed by atoms with Gasteiger partial charge in [-0.25, -0.2) is 0 Å². The molecule has 1 heteroatoms. The summed E-state index contributed by atoms with van der Waals surface area (Å²) in [4.78, 5) is 0. The topological polar surface area (TPSA) is 0 Å². The van der Waals surface area contributed by atoms with Crippen LogP contribution in [0.3, 0.4) is 0 Å². The van der Waals surface area contributed by atoms with Crippen LogP contribution in [0.15, 0.2) is 146 Å². The molecule has 6 aromatic rings. The minimum absolute atomic E-state index is 0.436. The summed E-state index contributed by atoms with van der Waals surface area (Å²) < 4.78 is 0. The van der Waals surface area contributed by atoms with E-state index in [9.17, 15) is 0 Å². The van der Waals surface area contributed by atoms with E-state index in [1.54, 1.807) is 0 Å². The molecule has 0 radical (unpaired) electrons. The van der Waals surface area contributed by atoms with Gasteiger partial charge in [-0.2, -0.15) is 0 Å². The third kappa shape index (κ3) is 5.87. The van der Waals surface area contributed by atoms with Crippen molar-refractivity contribution in [3.05, 3.63) is 190 Å². The van der Waals surface area contributed by atoms with Crippen LogP contribution < -0.4 is 0 Å². The molecule has 0 aliphatic heterocycles. The van der Waals surface area contributed by atoms with E-state index >= 15 is 0 Å². The first kappa shape index (κ1) is 31.3. The van der Waals surface area contributed by atoms with E-state index in [0.717, 1.165) is 12.8 Å². The molecular formula is C48H44Si. The van der Waals surface area contributed by atoms with Crippen molar-refractivity contribution < 1.29 is 0 Å². The van der Waals surface area contributed by atoms with Gasteiger partial charge >= 0.3 is 0 Å². The van der Waals surface area contributed by atoms with Gasteiger partial charge in [0.2, 0.25) is 0 Å². The molecule has 8 rings (SSSR count). The van der Waals surface area contributed by atoms with Crippen molar-refractivity contribution in [3.63, 3.8) is 0 Å². The summed E-state index contributed by atoms with van der Waals surface area (Å²) in [5.74, 6) is 0.871. The van der Waals surface area contributed by atoms with Crippen LogP contribution in [-0.4, -0.2) is 9.52 Å². The fourth-order valence-electron chi connectivity index (χ4n) is 8.57. The van der Waals surface area contributed by atoms with Crippen LogP contribution in [0.25, 0.3) is 45.6 Å². The van der Waals surface area contributed by atoms with Crippen molar-refractivity contribution in [3.8, 4) is 22.3 Å². The van der Waals surface area contributed by atoms with E-state index in [1.807, 2.05) is 0 Å². The SMILES string of the molecule is CCc1ccccc1-c1cccc2c1C=C(c1ccccc1)C2C[SiH2]CC1C(c2ccccc2)=Cc2c(-c3ccccc3CC)cccc21. The number of hydrogen-bond donors (Lipinski definition) is 0. The summed E-state index contributed by atoms with van der Waals surface area (Å²) >= 11 is 0. The molecule has 0 bridgehead atoms. The summed E-state index contributed by atoms with van der Waals surface area (Å²) in [6.07, 6.45) is 7.14. The second kappa shape index (κ2) is 13.9. The minimum atomic E-state index is -0.456. The lowest BCUT2D eigenvalue weighted by Gasteiger charge is -2.21. The number of rotatable bonds is 10. The van der Waals surface area contributed by atoms with E-state index in [0.29, 0.717) is 11.8 Å². The fourth-order valence-corrected chi connectivity index (χ4v) is 10.9. The highest BCUT2D eigenvalue weighted by Crippen LogP contribution is 2.50. The molecule has 240 valence electrons.